The number of aromatic nitrogens is 6. The van der Waals surface area contributed by atoms with Gasteiger partial charge in [-0.25, -0.2) is 24.4 Å². The number of urea groups is 1. The lowest BCUT2D eigenvalue weighted by molar-refractivity contribution is -0.154. The smallest absolute Gasteiger partial charge is 0.320 e. The van der Waals surface area contributed by atoms with Crippen LogP contribution in [0.15, 0.2) is 67.3 Å². The lowest BCUT2D eigenvalue weighted by Crippen LogP contribution is -2.48. The number of rotatable bonds is 10. The Hall–Kier alpha value is -5.29. The molecule has 0 radical (unpaired) electrons. The number of benzene rings is 1. The minimum Gasteiger partial charge on any atom is -0.383 e. The van der Waals surface area contributed by atoms with Crippen LogP contribution in [0.3, 0.4) is 0 Å². The van der Waals surface area contributed by atoms with Crippen molar-refractivity contribution in [2.24, 2.45) is 0 Å². The summed E-state index contributed by atoms with van der Waals surface area (Å²) < 4.78 is 22.7. The predicted molar refractivity (Wildman–Crippen MR) is 186 cm³/mol. The molecule has 0 aliphatic carbocycles. The van der Waals surface area contributed by atoms with Gasteiger partial charge in [0.1, 0.15) is 24.0 Å². The summed E-state index contributed by atoms with van der Waals surface area (Å²) in [6.45, 7) is 6.37. The molecule has 5 aromatic rings. The summed E-state index contributed by atoms with van der Waals surface area (Å²) in [5.74, 6) is -0.146. The van der Waals surface area contributed by atoms with E-state index in [1.165, 1.54) is 12.3 Å². The molecule has 7 rings (SSSR count). The van der Waals surface area contributed by atoms with Crippen LogP contribution in [0.4, 0.5) is 15.0 Å². The van der Waals surface area contributed by atoms with Gasteiger partial charge in [-0.2, -0.15) is 14.6 Å². The molecule has 0 unspecified atom stereocenters. The summed E-state index contributed by atoms with van der Waals surface area (Å²) in [6, 6.07) is 13.3. The van der Waals surface area contributed by atoms with Gasteiger partial charge >= 0.3 is 6.03 Å². The molecule has 0 saturated carbocycles. The van der Waals surface area contributed by atoms with E-state index in [9.17, 15) is 14.0 Å². The Bertz CT molecular complexity index is 2010. The molecule has 16 heteroatoms. The molecule has 2 saturated heterocycles. The summed E-state index contributed by atoms with van der Waals surface area (Å²) >= 11 is 0. The first kappa shape index (κ1) is 34.2. The number of hydroxylamine groups is 2. The second-order valence-electron chi connectivity index (χ2n) is 12.7. The number of carbonyl (C=O) groups is 2. The van der Waals surface area contributed by atoms with E-state index in [0.717, 1.165) is 18.8 Å². The molecule has 0 spiro atoms. The average Bonchev–Trinajstić information content (AvgIpc) is 3.83. The second-order valence-corrected chi connectivity index (χ2v) is 12.7. The van der Waals surface area contributed by atoms with Crippen molar-refractivity contribution < 1.29 is 23.6 Å². The van der Waals surface area contributed by atoms with Crippen LogP contribution in [-0.2, 0) is 20.9 Å². The van der Waals surface area contributed by atoms with E-state index in [1.54, 1.807) is 40.0 Å². The van der Waals surface area contributed by atoms with Crippen LogP contribution in [0, 0.1) is 12.9 Å². The third kappa shape index (κ3) is 7.44. The molecule has 15 nitrogen and oxygen atoms in total. The van der Waals surface area contributed by atoms with Crippen LogP contribution in [-0.4, -0.2) is 122 Å². The molecule has 2 atom stereocenters. The van der Waals surface area contributed by atoms with Crippen molar-refractivity contribution in [1.29, 1.82) is 0 Å². The van der Waals surface area contributed by atoms with Crippen LogP contribution in [0.1, 0.15) is 17.2 Å². The van der Waals surface area contributed by atoms with Gasteiger partial charge in [0, 0.05) is 69.9 Å². The molecule has 0 bridgehead atoms. The Morgan fingerprint density at radius 2 is 1.86 bits per heavy atom. The van der Waals surface area contributed by atoms with Gasteiger partial charge in [-0.05, 0) is 49.9 Å². The fourth-order valence-corrected chi connectivity index (χ4v) is 6.42. The van der Waals surface area contributed by atoms with Gasteiger partial charge in [0.25, 0.3) is 0 Å². The van der Waals surface area contributed by atoms with Crippen molar-refractivity contribution in [2.75, 3.05) is 65.3 Å². The van der Waals surface area contributed by atoms with E-state index in [2.05, 4.69) is 32.5 Å². The molecule has 2 N–H and O–H groups in total. The zero-order chi connectivity index (χ0) is 35.5. The predicted octanol–water partition coefficient (Wildman–Crippen LogP) is 3.03. The van der Waals surface area contributed by atoms with Gasteiger partial charge in [-0.1, -0.05) is 18.2 Å². The number of hydrogen-bond donors (Lipinski definition) is 2. The fraction of sp³-hybridized carbons (Fsp3) is 0.371. The van der Waals surface area contributed by atoms with E-state index < -0.39 is 24.1 Å². The monoisotopic (exact) mass is 697 g/mol. The highest BCUT2D eigenvalue weighted by Gasteiger charge is 2.37. The number of ether oxygens (including phenoxy) is 1. The highest BCUT2D eigenvalue weighted by molar-refractivity contribution is 5.91. The number of hydrogen-bond acceptors (Lipinski definition) is 10. The first-order valence-electron chi connectivity index (χ1n) is 16.8. The number of likely N-dealkylation sites (N-methyl/N-ethyl adjacent to an activating group) is 1. The number of nitrogens with one attached hydrogen (secondary N) is 2. The normalized spacial score (nSPS) is 18.4. The fourth-order valence-electron chi connectivity index (χ4n) is 6.42. The number of carbonyl (C=O) groups excluding carboxylic acids is 2. The Labute approximate surface area is 293 Å². The Morgan fingerprint density at radius 1 is 1.06 bits per heavy atom. The van der Waals surface area contributed by atoms with Crippen LogP contribution >= 0.6 is 0 Å². The molecule has 266 valence electrons. The SMILES string of the molecule is COCCN1C[C@@H](NC(=O)Nc2c(C)c(-c3cnc4c(c3)ncn4CC(=O)N3CCN(C)CC3)nn2-c2ccccc2)[C@H](c2ccnc(F)c2)O1. The number of fused-ring (bicyclic) bond motifs is 1. The summed E-state index contributed by atoms with van der Waals surface area (Å²) in [7, 11) is 3.65. The topological polar surface area (TPSA) is 148 Å². The van der Waals surface area contributed by atoms with Crippen LogP contribution in [0.25, 0.3) is 28.1 Å². The van der Waals surface area contributed by atoms with Gasteiger partial charge in [0.15, 0.2) is 5.65 Å². The maximum absolute atomic E-state index is 14.1. The number of imidazole rings is 1. The molecule has 51 heavy (non-hydrogen) atoms. The van der Waals surface area contributed by atoms with Gasteiger partial charge in [0.2, 0.25) is 11.9 Å². The molecule has 3 amide bonds. The number of piperazine rings is 1. The zero-order valence-electron chi connectivity index (χ0n) is 28.7. The molecule has 2 aliphatic rings. The van der Waals surface area contributed by atoms with E-state index in [0.29, 0.717) is 72.2 Å². The van der Waals surface area contributed by atoms with Crippen molar-refractivity contribution in [3.8, 4) is 16.9 Å². The highest BCUT2D eigenvalue weighted by atomic mass is 19.1. The Balaban J connectivity index is 1.14. The molecular formula is C35H40FN11O4. The number of methoxy groups -OCH3 is 1. The van der Waals surface area contributed by atoms with Crippen LogP contribution in [0.2, 0.25) is 0 Å². The van der Waals surface area contributed by atoms with Crippen molar-refractivity contribution in [1.82, 2.24) is 49.5 Å². The standard InChI is InChI=1S/C35H40FN11O4/c1-23-31(25-17-27-34(38-19-25)45(22-39-27)21-30(48)44-13-11-43(2)12-14-44)42-47(26-7-5-4-6-8-26)33(23)41-35(49)40-28-20-46(15-16-50-3)51-32(28)24-9-10-37-29(36)18-24/h4-10,17-19,22,28,32H,11-16,20-21H2,1-3H3,(H2,40,41,49)/t28-,32+/m1/s1. The maximum atomic E-state index is 14.1. The minimum atomic E-state index is -0.643. The van der Waals surface area contributed by atoms with Crippen molar-refractivity contribution >= 4 is 28.9 Å². The van der Waals surface area contributed by atoms with E-state index in [-0.39, 0.29) is 12.5 Å². The Morgan fingerprint density at radius 3 is 2.63 bits per heavy atom. The van der Waals surface area contributed by atoms with E-state index in [1.807, 2.05) is 48.2 Å². The largest absolute Gasteiger partial charge is 0.383 e. The third-order valence-electron chi connectivity index (χ3n) is 9.21. The third-order valence-corrected chi connectivity index (χ3v) is 9.21. The molecule has 6 heterocycles. The molecule has 2 fully saturated rings. The second kappa shape index (κ2) is 14.9. The maximum Gasteiger partial charge on any atom is 0.320 e. The van der Waals surface area contributed by atoms with Crippen LogP contribution < -0.4 is 10.6 Å². The number of para-hydroxylation sites is 1. The summed E-state index contributed by atoms with van der Waals surface area (Å²) in [6.07, 6.45) is 4.07. The van der Waals surface area contributed by atoms with Gasteiger partial charge in [0.05, 0.1) is 30.4 Å². The number of nitrogens with zero attached hydrogens (tertiary/aromatic N) is 9. The molecule has 1 aromatic carbocycles. The summed E-state index contributed by atoms with van der Waals surface area (Å²) in [5, 5.41) is 12.7. The summed E-state index contributed by atoms with van der Waals surface area (Å²) in [5.41, 5.74) is 4.52. The first-order valence-corrected chi connectivity index (χ1v) is 16.8. The first-order chi connectivity index (χ1) is 24.8. The number of amides is 3. The summed E-state index contributed by atoms with van der Waals surface area (Å²) in [4.78, 5) is 49.8. The lowest BCUT2D eigenvalue weighted by atomic mass is 10.0. The van der Waals surface area contributed by atoms with E-state index in [4.69, 9.17) is 19.7 Å². The highest BCUT2D eigenvalue weighted by Crippen LogP contribution is 2.33. The van der Waals surface area contributed by atoms with Gasteiger partial charge < -0.3 is 24.4 Å². The number of anilines is 1. The van der Waals surface area contributed by atoms with Crippen molar-refractivity contribution in [2.45, 2.75) is 25.6 Å². The minimum absolute atomic E-state index is 0.0332. The zero-order valence-corrected chi connectivity index (χ0v) is 28.7. The molecule has 2 aliphatic heterocycles. The quantitative estimate of drug-likeness (QED) is 0.209. The van der Waals surface area contributed by atoms with Crippen molar-refractivity contribution in [3.63, 3.8) is 0 Å². The number of pyridine rings is 2. The lowest BCUT2D eigenvalue weighted by Gasteiger charge is -2.32. The molecular weight excluding hydrogens is 657 g/mol. The van der Waals surface area contributed by atoms with Gasteiger partial charge in [-0.15, -0.1) is 0 Å². The number of halogens is 1. The van der Waals surface area contributed by atoms with Crippen molar-refractivity contribution in [3.05, 3.63) is 84.3 Å². The Kier molecular flexibility index (Phi) is 9.99. The van der Waals surface area contributed by atoms with E-state index >= 15 is 0 Å². The van der Waals surface area contributed by atoms with Crippen LogP contribution in [0.5, 0.6) is 0 Å². The molecule has 4 aromatic heterocycles. The average molecular weight is 698 g/mol. The van der Waals surface area contributed by atoms with Gasteiger partial charge in [-0.3, -0.25) is 14.9 Å².